The van der Waals surface area contributed by atoms with Gasteiger partial charge in [-0.2, -0.15) is 0 Å². The first-order valence-electron chi connectivity index (χ1n) is 9.48. The number of hydrogen-bond acceptors (Lipinski definition) is 3. The summed E-state index contributed by atoms with van der Waals surface area (Å²) >= 11 is 0. The summed E-state index contributed by atoms with van der Waals surface area (Å²) in [6.45, 7) is 7.18. The molecular formula is C21H27FN2O3. The van der Waals surface area contributed by atoms with Gasteiger partial charge in [0.25, 0.3) is 0 Å². The Labute approximate surface area is 159 Å². The van der Waals surface area contributed by atoms with Crippen molar-refractivity contribution in [3.05, 3.63) is 46.8 Å². The third-order valence-electron chi connectivity index (χ3n) is 5.88. The SMILES string of the molecule is CC1=C(C)C[C@@H](C(=O)N2CCN(Cc3cccc(F)c3)CC2)[C@H](C(=O)O)C1. The van der Waals surface area contributed by atoms with E-state index < -0.39 is 17.8 Å². The number of hydrogen-bond donors (Lipinski definition) is 1. The van der Waals surface area contributed by atoms with Gasteiger partial charge in [-0.1, -0.05) is 23.3 Å². The Morgan fingerprint density at radius 1 is 1.07 bits per heavy atom. The van der Waals surface area contributed by atoms with Gasteiger partial charge in [-0.05, 0) is 44.4 Å². The third-order valence-corrected chi connectivity index (χ3v) is 5.88. The number of allylic oxidation sites excluding steroid dienone is 2. The van der Waals surface area contributed by atoms with E-state index in [2.05, 4.69) is 4.90 Å². The fourth-order valence-corrected chi connectivity index (χ4v) is 4.07. The molecule has 2 atom stereocenters. The van der Waals surface area contributed by atoms with E-state index >= 15 is 0 Å². The van der Waals surface area contributed by atoms with Crippen molar-refractivity contribution in [1.29, 1.82) is 0 Å². The van der Waals surface area contributed by atoms with Crippen LogP contribution in [-0.4, -0.2) is 53.0 Å². The Hall–Kier alpha value is -2.21. The smallest absolute Gasteiger partial charge is 0.307 e. The molecule has 146 valence electrons. The van der Waals surface area contributed by atoms with Gasteiger partial charge >= 0.3 is 5.97 Å². The lowest BCUT2D eigenvalue weighted by Crippen LogP contribution is -2.51. The molecule has 0 aromatic heterocycles. The van der Waals surface area contributed by atoms with E-state index in [1.807, 2.05) is 19.9 Å². The normalized spacial score (nSPS) is 24.2. The van der Waals surface area contributed by atoms with Gasteiger partial charge in [-0.3, -0.25) is 14.5 Å². The van der Waals surface area contributed by atoms with Crippen LogP contribution in [0.15, 0.2) is 35.4 Å². The van der Waals surface area contributed by atoms with Crippen molar-refractivity contribution in [1.82, 2.24) is 9.80 Å². The molecule has 0 spiro atoms. The van der Waals surface area contributed by atoms with Gasteiger partial charge in [0.2, 0.25) is 5.91 Å². The van der Waals surface area contributed by atoms with Gasteiger partial charge in [-0.25, -0.2) is 4.39 Å². The molecule has 1 amide bonds. The number of piperazine rings is 1. The van der Waals surface area contributed by atoms with E-state index in [4.69, 9.17) is 0 Å². The molecule has 0 bridgehead atoms. The van der Waals surface area contributed by atoms with E-state index in [0.717, 1.165) is 16.7 Å². The summed E-state index contributed by atoms with van der Waals surface area (Å²) in [6.07, 6.45) is 0.988. The summed E-state index contributed by atoms with van der Waals surface area (Å²) in [6, 6.07) is 6.57. The van der Waals surface area contributed by atoms with Crippen molar-refractivity contribution in [2.24, 2.45) is 11.8 Å². The zero-order valence-electron chi connectivity index (χ0n) is 15.9. The van der Waals surface area contributed by atoms with Crippen LogP contribution in [0.1, 0.15) is 32.3 Å². The van der Waals surface area contributed by atoms with E-state index in [-0.39, 0.29) is 11.7 Å². The number of carbonyl (C=O) groups is 2. The van der Waals surface area contributed by atoms with E-state index in [1.54, 1.807) is 11.0 Å². The second kappa shape index (κ2) is 8.21. The maximum Gasteiger partial charge on any atom is 0.307 e. The minimum absolute atomic E-state index is 0.0420. The lowest BCUT2D eigenvalue weighted by Gasteiger charge is -2.38. The molecule has 1 saturated heterocycles. The van der Waals surface area contributed by atoms with Crippen LogP contribution in [0, 0.1) is 17.7 Å². The van der Waals surface area contributed by atoms with Crippen molar-refractivity contribution < 1.29 is 19.1 Å². The van der Waals surface area contributed by atoms with Crippen molar-refractivity contribution in [2.45, 2.75) is 33.2 Å². The average Bonchev–Trinajstić information content (AvgIpc) is 2.63. The maximum absolute atomic E-state index is 13.3. The van der Waals surface area contributed by atoms with Gasteiger partial charge in [0.15, 0.2) is 0 Å². The summed E-state index contributed by atoms with van der Waals surface area (Å²) in [5, 5.41) is 9.56. The van der Waals surface area contributed by atoms with Crippen molar-refractivity contribution in [3.8, 4) is 0 Å². The van der Waals surface area contributed by atoms with Crippen molar-refractivity contribution >= 4 is 11.9 Å². The van der Waals surface area contributed by atoms with Crippen LogP contribution >= 0.6 is 0 Å². The molecule has 5 nitrogen and oxygen atoms in total. The highest BCUT2D eigenvalue weighted by Crippen LogP contribution is 2.35. The number of nitrogens with zero attached hydrogens (tertiary/aromatic N) is 2. The van der Waals surface area contributed by atoms with Gasteiger partial charge in [0.1, 0.15) is 5.82 Å². The number of benzene rings is 1. The number of rotatable bonds is 4. The second-order valence-electron chi connectivity index (χ2n) is 7.75. The maximum atomic E-state index is 13.3. The highest BCUT2D eigenvalue weighted by molar-refractivity contribution is 5.85. The molecule has 3 rings (SSSR count). The highest BCUT2D eigenvalue weighted by Gasteiger charge is 2.39. The van der Waals surface area contributed by atoms with Gasteiger partial charge in [0, 0.05) is 32.7 Å². The molecule has 1 aliphatic carbocycles. The summed E-state index contributed by atoms with van der Waals surface area (Å²) in [4.78, 5) is 28.7. The Balaban J connectivity index is 1.60. The molecule has 1 heterocycles. The van der Waals surface area contributed by atoms with E-state index in [0.29, 0.717) is 45.6 Å². The zero-order chi connectivity index (χ0) is 19.6. The van der Waals surface area contributed by atoms with Crippen LogP contribution in [0.3, 0.4) is 0 Å². The summed E-state index contributed by atoms with van der Waals surface area (Å²) in [5.41, 5.74) is 3.14. The first-order valence-corrected chi connectivity index (χ1v) is 9.48. The van der Waals surface area contributed by atoms with Crippen LogP contribution in [0.2, 0.25) is 0 Å². The van der Waals surface area contributed by atoms with Crippen LogP contribution in [0.25, 0.3) is 0 Å². The minimum atomic E-state index is -0.884. The quantitative estimate of drug-likeness (QED) is 0.824. The molecule has 1 fully saturated rings. The van der Waals surface area contributed by atoms with Crippen LogP contribution in [-0.2, 0) is 16.1 Å². The monoisotopic (exact) mass is 374 g/mol. The lowest BCUT2D eigenvalue weighted by atomic mass is 9.76. The third kappa shape index (κ3) is 4.56. The van der Waals surface area contributed by atoms with Crippen LogP contribution in [0.4, 0.5) is 4.39 Å². The number of carbonyl (C=O) groups excluding carboxylic acids is 1. The Kier molecular flexibility index (Phi) is 5.95. The van der Waals surface area contributed by atoms with Gasteiger partial charge < -0.3 is 10.0 Å². The van der Waals surface area contributed by atoms with Crippen molar-refractivity contribution in [2.75, 3.05) is 26.2 Å². The zero-order valence-corrected chi connectivity index (χ0v) is 15.9. The fraction of sp³-hybridized carbons (Fsp3) is 0.524. The summed E-state index contributed by atoms with van der Waals surface area (Å²) in [7, 11) is 0. The van der Waals surface area contributed by atoms with E-state index in [9.17, 15) is 19.1 Å². The largest absolute Gasteiger partial charge is 0.481 e. The average molecular weight is 374 g/mol. The first-order chi connectivity index (χ1) is 12.8. The second-order valence-corrected chi connectivity index (χ2v) is 7.75. The number of carboxylic acid groups (broad SMARTS) is 1. The molecule has 0 radical (unpaired) electrons. The van der Waals surface area contributed by atoms with Gasteiger partial charge in [-0.15, -0.1) is 0 Å². The Morgan fingerprint density at radius 2 is 1.70 bits per heavy atom. The van der Waals surface area contributed by atoms with Crippen LogP contribution in [0.5, 0.6) is 0 Å². The molecule has 1 N–H and O–H groups in total. The minimum Gasteiger partial charge on any atom is -0.481 e. The van der Waals surface area contributed by atoms with Crippen LogP contribution < -0.4 is 0 Å². The predicted octanol–water partition coefficient (Wildman–Crippen LogP) is 2.92. The number of halogens is 1. The predicted molar refractivity (Wildman–Crippen MR) is 100 cm³/mol. The molecule has 1 aromatic rings. The molecule has 0 unspecified atom stereocenters. The molecule has 1 aromatic carbocycles. The molecule has 6 heteroatoms. The topological polar surface area (TPSA) is 60.9 Å². The first kappa shape index (κ1) is 19.5. The van der Waals surface area contributed by atoms with E-state index in [1.165, 1.54) is 12.1 Å². The molecular weight excluding hydrogens is 347 g/mol. The van der Waals surface area contributed by atoms with Crippen molar-refractivity contribution in [3.63, 3.8) is 0 Å². The standard InChI is InChI=1S/C21H27FN2O3/c1-14-10-18(19(21(26)27)11-15(14)2)20(25)24-8-6-23(7-9-24)13-16-4-3-5-17(22)12-16/h3-5,12,18-19H,6-11,13H2,1-2H3,(H,26,27)/t18-,19-/m1/s1. The number of aliphatic carboxylic acids is 1. The number of carboxylic acids is 1. The molecule has 1 aliphatic heterocycles. The lowest BCUT2D eigenvalue weighted by molar-refractivity contribution is -0.151. The highest BCUT2D eigenvalue weighted by atomic mass is 19.1. The molecule has 0 saturated carbocycles. The Bertz CT molecular complexity index is 754. The fourth-order valence-electron chi connectivity index (χ4n) is 4.07. The van der Waals surface area contributed by atoms with Gasteiger partial charge in [0.05, 0.1) is 11.8 Å². The summed E-state index contributed by atoms with van der Waals surface area (Å²) < 4.78 is 13.3. The number of amides is 1. The molecule has 2 aliphatic rings. The summed E-state index contributed by atoms with van der Waals surface area (Å²) in [5.74, 6) is -2.27. The Morgan fingerprint density at radius 3 is 2.30 bits per heavy atom. The molecule has 27 heavy (non-hydrogen) atoms.